The fraction of sp³-hybridized carbons (Fsp3) is 0.188. The zero-order valence-corrected chi connectivity index (χ0v) is 12.1. The van der Waals surface area contributed by atoms with Crippen LogP contribution in [0.25, 0.3) is 0 Å². The monoisotopic (exact) mass is 281 g/mol. The van der Waals surface area contributed by atoms with E-state index in [0.717, 1.165) is 16.8 Å². The molecule has 0 saturated carbocycles. The lowest BCUT2D eigenvalue weighted by Gasteiger charge is -2.14. The van der Waals surface area contributed by atoms with E-state index < -0.39 is 4.92 Å². The Labute approximate surface area is 123 Å². The van der Waals surface area contributed by atoms with Gasteiger partial charge in [-0.25, -0.2) is 0 Å². The number of nitrogens with zero attached hydrogens (tertiary/aromatic N) is 2. The molecule has 5 heteroatoms. The standard InChI is InChI=1S/C16H15N3O2/c1-10-6-11(2)16(12(3)7-10)18-14-4-5-15(19(20)21)13(8-14)9-17/h4-8,18H,1-3H3. The molecule has 0 aliphatic rings. The van der Waals surface area contributed by atoms with Crippen LogP contribution in [0.4, 0.5) is 17.1 Å². The Morgan fingerprint density at radius 1 is 1.14 bits per heavy atom. The highest BCUT2D eigenvalue weighted by Crippen LogP contribution is 2.28. The molecule has 0 saturated heterocycles. The first-order valence-corrected chi connectivity index (χ1v) is 6.46. The Bertz CT molecular complexity index is 738. The predicted octanol–water partition coefficient (Wildman–Crippen LogP) is 4.14. The minimum absolute atomic E-state index is 0.0485. The number of nitrogens with one attached hydrogen (secondary N) is 1. The maximum absolute atomic E-state index is 10.8. The molecule has 2 aromatic carbocycles. The topological polar surface area (TPSA) is 79.0 Å². The molecule has 0 radical (unpaired) electrons. The average molecular weight is 281 g/mol. The van der Waals surface area contributed by atoms with Gasteiger partial charge in [0.15, 0.2) is 0 Å². The van der Waals surface area contributed by atoms with Crippen LogP contribution in [0.1, 0.15) is 22.3 Å². The van der Waals surface area contributed by atoms with E-state index in [-0.39, 0.29) is 11.3 Å². The third-order valence-corrected chi connectivity index (χ3v) is 3.26. The molecule has 0 bridgehead atoms. The fourth-order valence-electron chi connectivity index (χ4n) is 2.38. The van der Waals surface area contributed by atoms with Crippen LogP contribution in [-0.2, 0) is 0 Å². The van der Waals surface area contributed by atoms with Gasteiger partial charge >= 0.3 is 0 Å². The first-order chi connectivity index (χ1) is 9.92. The number of aryl methyl sites for hydroxylation is 3. The van der Waals surface area contributed by atoms with E-state index in [9.17, 15) is 10.1 Å². The second kappa shape index (κ2) is 5.63. The van der Waals surface area contributed by atoms with E-state index in [1.165, 1.54) is 17.7 Å². The van der Waals surface area contributed by atoms with E-state index in [0.29, 0.717) is 5.69 Å². The van der Waals surface area contributed by atoms with Gasteiger partial charge in [0.25, 0.3) is 5.69 Å². The Morgan fingerprint density at radius 2 is 1.76 bits per heavy atom. The molecular formula is C16H15N3O2. The van der Waals surface area contributed by atoms with Crippen molar-refractivity contribution in [1.82, 2.24) is 0 Å². The molecule has 2 aromatic rings. The summed E-state index contributed by atoms with van der Waals surface area (Å²) in [5, 5.41) is 23.1. The number of benzene rings is 2. The summed E-state index contributed by atoms with van der Waals surface area (Å²) in [6.07, 6.45) is 0. The van der Waals surface area contributed by atoms with Crippen LogP contribution < -0.4 is 5.32 Å². The highest BCUT2D eigenvalue weighted by molar-refractivity contribution is 5.70. The lowest BCUT2D eigenvalue weighted by Crippen LogP contribution is -1.99. The van der Waals surface area contributed by atoms with Gasteiger partial charge in [0.1, 0.15) is 11.6 Å². The summed E-state index contributed by atoms with van der Waals surface area (Å²) in [7, 11) is 0. The normalized spacial score (nSPS) is 10.0. The van der Waals surface area contributed by atoms with Gasteiger partial charge in [-0.15, -0.1) is 0 Å². The van der Waals surface area contributed by atoms with E-state index in [2.05, 4.69) is 17.4 Å². The van der Waals surface area contributed by atoms with Gasteiger partial charge in [0.2, 0.25) is 0 Å². The maximum Gasteiger partial charge on any atom is 0.287 e. The van der Waals surface area contributed by atoms with Crippen LogP contribution in [0, 0.1) is 42.2 Å². The Morgan fingerprint density at radius 3 is 2.29 bits per heavy atom. The number of hydrogen-bond acceptors (Lipinski definition) is 4. The van der Waals surface area contributed by atoms with Crippen LogP contribution in [0.2, 0.25) is 0 Å². The van der Waals surface area contributed by atoms with Crippen molar-refractivity contribution in [2.24, 2.45) is 0 Å². The highest BCUT2D eigenvalue weighted by Gasteiger charge is 2.14. The molecule has 106 valence electrons. The van der Waals surface area contributed by atoms with E-state index in [1.54, 1.807) is 6.07 Å². The zero-order chi connectivity index (χ0) is 15.6. The third-order valence-electron chi connectivity index (χ3n) is 3.26. The van der Waals surface area contributed by atoms with E-state index >= 15 is 0 Å². The van der Waals surface area contributed by atoms with Crippen LogP contribution in [0.5, 0.6) is 0 Å². The van der Waals surface area contributed by atoms with Crippen molar-refractivity contribution in [2.45, 2.75) is 20.8 Å². The average Bonchev–Trinajstić information content (AvgIpc) is 2.42. The molecule has 5 nitrogen and oxygen atoms in total. The predicted molar refractivity (Wildman–Crippen MR) is 81.7 cm³/mol. The number of rotatable bonds is 3. The summed E-state index contributed by atoms with van der Waals surface area (Å²) in [6, 6.07) is 10.4. The van der Waals surface area contributed by atoms with Gasteiger partial charge in [-0.2, -0.15) is 5.26 Å². The Hall–Kier alpha value is -2.87. The van der Waals surface area contributed by atoms with Gasteiger partial charge in [-0.1, -0.05) is 17.7 Å². The summed E-state index contributed by atoms with van der Waals surface area (Å²) >= 11 is 0. The molecule has 0 atom stereocenters. The van der Waals surface area contributed by atoms with Crippen molar-refractivity contribution in [3.63, 3.8) is 0 Å². The number of anilines is 2. The molecule has 0 unspecified atom stereocenters. The Kier molecular flexibility index (Phi) is 3.90. The fourth-order valence-corrected chi connectivity index (χ4v) is 2.38. The van der Waals surface area contributed by atoms with Crippen LogP contribution in [-0.4, -0.2) is 4.92 Å². The molecule has 0 aliphatic carbocycles. The number of nitro groups is 1. The van der Waals surface area contributed by atoms with Gasteiger partial charge < -0.3 is 5.32 Å². The van der Waals surface area contributed by atoms with Crippen LogP contribution in [0.15, 0.2) is 30.3 Å². The SMILES string of the molecule is Cc1cc(C)c(Nc2ccc([N+](=O)[O-])c(C#N)c2)c(C)c1. The molecule has 0 aromatic heterocycles. The van der Waals surface area contributed by atoms with Gasteiger partial charge in [-0.3, -0.25) is 10.1 Å². The van der Waals surface area contributed by atoms with E-state index in [4.69, 9.17) is 5.26 Å². The Balaban J connectivity index is 2.42. The van der Waals surface area contributed by atoms with Crippen molar-refractivity contribution in [1.29, 1.82) is 5.26 Å². The highest BCUT2D eigenvalue weighted by atomic mass is 16.6. The molecule has 0 amide bonds. The first kappa shape index (κ1) is 14.5. The smallest absolute Gasteiger partial charge is 0.287 e. The molecule has 21 heavy (non-hydrogen) atoms. The van der Waals surface area contributed by atoms with Crippen molar-refractivity contribution in [2.75, 3.05) is 5.32 Å². The quantitative estimate of drug-likeness (QED) is 0.677. The number of hydrogen-bond donors (Lipinski definition) is 1. The van der Waals surface area contributed by atoms with E-state index in [1.807, 2.05) is 26.8 Å². The minimum Gasteiger partial charge on any atom is -0.355 e. The molecule has 0 aliphatic heterocycles. The van der Waals surface area contributed by atoms with Crippen molar-refractivity contribution in [3.8, 4) is 6.07 Å². The van der Waals surface area contributed by atoms with Crippen molar-refractivity contribution < 1.29 is 4.92 Å². The van der Waals surface area contributed by atoms with Crippen LogP contribution >= 0.6 is 0 Å². The first-order valence-electron chi connectivity index (χ1n) is 6.46. The largest absolute Gasteiger partial charge is 0.355 e. The lowest BCUT2D eigenvalue weighted by molar-refractivity contribution is -0.385. The van der Waals surface area contributed by atoms with Crippen molar-refractivity contribution >= 4 is 17.1 Å². The summed E-state index contributed by atoms with van der Waals surface area (Å²) in [6.45, 7) is 6.03. The molecule has 0 spiro atoms. The zero-order valence-electron chi connectivity index (χ0n) is 12.1. The number of nitriles is 1. The van der Waals surface area contributed by atoms with Gasteiger partial charge in [0, 0.05) is 17.4 Å². The minimum atomic E-state index is -0.551. The van der Waals surface area contributed by atoms with Crippen LogP contribution in [0.3, 0.4) is 0 Å². The summed E-state index contributed by atoms with van der Waals surface area (Å²) in [5.74, 6) is 0. The lowest BCUT2D eigenvalue weighted by atomic mass is 10.0. The third kappa shape index (κ3) is 3.00. The van der Waals surface area contributed by atoms with Gasteiger partial charge in [-0.05, 0) is 44.0 Å². The van der Waals surface area contributed by atoms with Crippen molar-refractivity contribution in [3.05, 3.63) is 62.7 Å². The second-order valence-corrected chi connectivity index (χ2v) is 5.00. The summed E-state index contributed by atoms with van der Waals surface area (Å²) in [5.41, 5.74) is 4.84. The molecular weight excluding hydrogens is 266 g/mol. The maximum atomic E-state index is 10.8. The molecule has 1 N–H and O–H groups in total. The summed E-state index contributed by atoms with van der Waals surface area (Å²) in [4.78, 5) is 10.3. The second-order valence-electron chi connectivity index (χ2n) is 5.00. The molecule has 0 heterocycles. The number of nitro benzene ring substituents is 1. The van der Waals surface area contributed by atoms with Gasteiger partial charge in [0.05, 0.1) is 4.92 Å². The summed E-state index contributed by atoms with van der Waals surface area (Å²) < 4.78 is 0. The molecule has 0 fully saturated rings. The molecule has 2 rings (SSSR count).